The molecule has 3 N–H and O–H groups in total. The van der Waals surface area contributed by atoms with Crippen LogP contribution in [-0.2, 0) is 23.6 Å². The summed E-state index contributed by atoms with van der Waals surface area (Å²) in [6, 6.07) is 9.68. The predicted molar refractivity (Wildman–Crippen MR) is 165 cm³/mol. The lowest BCUT2D eigenvalue weighted by atomic mass is 10.3. The second kappa shape index (κ2) is 15.8. The highest BCUT2D eigenvalue weighted by molar-refractivity contribution is 9.11. The van der Waals surface area contributed by atoms with Crippen LogP contribution in [-0.4, -0.2) is 45.3 Å². The van der Waals surface area contributed by atoms with Crippen molar-refractivity contribution < 1.29 is 19.1 Å². The first kappa shape index (κ1) is 33.4. The maximum absolute atomic E-state index is 11.9. The number of carbonyl (C=O) groups excluding carboxylic acids is 2. The van der Waals surface area contributed by atoms with Crippen molar-refractivity contribution in [3.8, 4) is 0 Å². The Morgan fingerprint density at radius 2 is 1.32 bits per heavy atom. The van der Waals surface area contributed by atoms with Gasteiger partial charge in [-0.15, -0.1) is 0 Å². The number of nitrogens with two attached hydrogens (primary N) is 1. The Balaban J connectivity index is 0.000000236. The molecule has 0 atom stereocenters. The summed E-state index contributed by atoms with van der Waals surface area (Å²) < 4.78 is 14.2. The first-order valence-electron chi connectivity index (χ1n) is 11.3. The van der Waals surface area contributed by atoms with Gasteiger partial charge in [-0.2, -0.15) is 0 Å². The molecular weight excluding hydrogens is 732 g/mol. The van der Waals surface area contributed by atoms with E-state index >= 15 is 0 Å². The summed E-state index contributed by atoms with van der Waals surface area (Å²) in [5.41, 5.74) is 6.25. The number of nitrogens with zero attached hydrogens (tertiary/aromatic N) is 4. The second-order valence-corrected chi connectivity index (χ2v) is 10.6. The van der Waals surface area contributed by atoms with E-state index in [-0.39, 0.29) is 11.1 Å². The molecule has 0 aliphatic rings. The van der Waals surface area contributed by atoms with Crippen molar-refractivity contribution in [3.05, 3.63) is 106 Å². The molecule has 216 valence electrons. The number of methoxy groups -OCH3 is 2. The van der Waals surface area contributed by atoms with E-state index in [0.29, 0.717) is 32.9 Å². The second-order valence-electron chi connectivity index (χ2n) is 7.92. The van der Waals surface area contributed by atoms with Crippen molar-refractivity contribution in [1.29, 1.82) is 0 Å². The topological polar surface area (TPSA) is 160 Å². The molecule has 4 heterocycles. The average Bonchev–Trinajstić information content (AvgIpc) is 2.95. The molecule has 15 heteroatoms. The number of hydrogen-bond donors (Lipinski definition) is 2. The van der Waals surface area contributed by atoms with Gasteiger partial charge in [-0.25, -0.2) is 19.6 Å². The lowest BCUT2D eigenvalue weighted by Gasteiger charge is -2.08. The number of carbonyl (C=O) groups is 2. The fourth-order valence-corrected chi connectivity index (χ4v) is 4.79. The number of aromatic nitrogens is 4. The van der Waals surface area contributed by atoms with Crippen molar-refractivity contribution >= 4 is 77.1 Å². The van der Waals surface area contributed by atoms with Gasteiger partial charge >= 0.3 is 11.9 Å². The molecule has 4 aromatic rings. The predicted octanol–water partition coefficient (Wildman–Crippen LogP) is 4.43. The summed E-state index contributed by atoms with van der Waals surface area (Å²) >= 11 is 9.71. The van der Waals surface area contributed by atoms with Gasteiger partial charge in [-0.05, 0) is 84.2 Å². The summed E-state index contributed by atoms with van der Waals surface area (Å²) in [4.78, 5) is 52.8. The number of hydrogen-bond acceptors (Lipinski definition) is 10. The molecule has 0 aliphatic carbocycles. The van der Waals surface area contributed by atoms with Crippen LogP contribution in [0.2, 0.25) is 0 Å². The zero-order valence-corrected chi connectivity index (χ0v) is 27.0. The van der Waals surface area contributed by atoms with Crippen LogP contribution >= 0.6 is 47.8 Å². The van der Waals surface area contributed by atoms with Crippen LogP contribution in [0.4, 0.5) is 17.3 Å². The van der Waals surface area contributed by atoms with Crippen LogP contribution in [0.3, 0.4) is 0 Å². The summed E-state index contributed by atoms with van der Waals surface area (Å²) in [7, 11) is 5.99. The zero-order valence-electron chi connectivity index (χ0n) is 22.2. The Morgan fingerprint density at radius 1 is 0.805 bits per heavy atom. The number of aryl methyl sites for hydroxylation is 2. The molecule has 41 heavy (non-hydrogen) atoms. The third kappa shape index (κ3) is 10.3. The van der Waals surface area contributed by atoms with E-state index in [0.717, 1.165) is 8.95 Å². The monoisotopic (exact) mass is 754 g/mol. The molecule has 0 radical (unpaired) electrons. The van der Waals surface area contributed by atoms with Gasteiger partial charge < -0.3 is 29.7 Å². The fraction of sp³-hybridized carbons (Fsp3) is 0.154. The van der Waals surface area contributed by atoms with E-state index in [9.17, 15) is 19.2 Å². The quantitative estimate of drug-likeness (QED) is 0.285. The van der Waals surface area contributed by atoms with Crippen LogP contribution in [0.1, 0.15) is 20.7 Å². The van der Waals surface area contributed by atoms with Crippen LogP contribution in [0.15, 0.2) is 84.2 Å². The first-order chi connectivity index (χ1) is 19.4. The first-order valence-corrected chi connectivity index (χ1v) is 13.7. The molecule has 0 saturated carbocycles. The highest BCUT2D eigenvalue weighted by Gasteiger charge is 2.08. The highest BCUT2D eigenvalue weighted by Crippen LogP contribution is 2.16. The van der Waals surface area contributed by atoms with Gasteiger partial charge in [0.25, 0.3) is 11.1 Å². The normalized spacial score (nSPS) is 9.83. The number of anilines is 3. The van der Waals surface area contributed by atoms with E-state index in [2.05, 4.69) is 72.5 Å². The molecule has 0 saturated heterocycles. The Hall–Kier alpha value is -3.82. The minimum atomic E-state index is -0.456. The molecule has 12 nitrogen and oxygen atoms in total. The van der Waals surface area contributed by atoms with Gasteiger partial charge in [-0.1, -0.05) is 0 Å². The number of nitrogen functional groups attached to an aromatic ring is 1. The average molecular weight is 757 g/mol. The largest absolute Gasteiger partial charge is 0.465 e. The van der Waals surface area contributed by atoms with Crippen molar-refractivity contribution in [1.82, 2.24) is 19.1 Å². The lowest BCUT2D eigenvalue weighted by molar-refractivity contribution is 0.0591. The summed E-state index contributed by atoms with van der Waals surface area (Å²) in [5.74, 6) is -0.00887. The van der Waals surface area contributed by atoms with Gasteiger partial charge in [0.2, 0.25) is 0 Å². The maximum atomic E-state index is 11.9. The number of pyridine rings is 4. The van der Waals surface area contributed by atoms with Crippen LogP contribution in [0.5, 0.6) is 0 Å². The summed E-state index contributed by atoms with van der Waals surface area (Å²) in [5, 5.41) is 2.91. The van der Waals surface area contributed by atoms with Gasteiger partial charge in [0.15, 0.2) is 0 Å². The minimum Gasteiger partial charge on any atom is -0.465 e. The van der Waals surface area contributed by atoms with Gasteiger partial charge in [0.1, 0.15) is 17.3 Å². The number of rotatable bonds is 4. The third-order valence-corrected chi connectivity index (χ3v) is 6.35. The Morgan fingerprint density at radius 3 is 1.78 bits per heavy atom. The molecule has 0 aromatic carbocycles. The zero-order chi connectivity index (χ0) is 30.7. The van der Waals surface area contributed by atoms with Gasteiger partial charge in [-0.3, -0.25) is 9.59 Å². The summed E-state index contributed by atoms with van der Waals surface area (Å²) in [6.07, 6.45) is 6.15. The smallest absolute Gasteiger partial charge is 0.339 e. The number of halogens is 3. The van der Waals surface area contributed by atoms with Crippen LogP contribution in [0.25, 0.3) is 0 Å². The van der Waals surface area contributed by atoms with Crippen LogP contribution in [0, 0.1) is 0 Å². The van der Waals surface area contributed by atoms with Gasteiger partial charge in [0.05, 0.1) is 29.8 Å². The van der Waals surface area contributed by atoms with Crippen molar-refractivity contribution in [2.75, 3.05) is 25.3 Å². The Labute approximate surface area is 259 Å². The standard InChI is InChI=1S/C13H12BrN3O3.C7H8N2O2.C6H5Br2NO/c1-17-7-9(14)5-10(12(17)18)16-11-4-3-8(6-15-11)13(19)20-2;1-11-7(10)5-2-3-6(8)9-4-5;1-9-3-4(7)2-5(8)6(9)10/h3-7H,1-2H3,(H,15,16);2-4H,1H3,(H2,8,9);2-3H,1H3. The fourth-order valence-electron chi connectivity index (χ4n) is 2.88. The van der Waals surface area contributed by atoms with E-state index in [4.69, 9.17) is 5.73 Å². The van der Waals surface area contributed by atoms with Crippen LogP contribution < -0.4 is 22.2 Å². The van der Waals surface area contributed by atoms with Crippen molar-refractivity contribution in [3.63, 3.8) is 0 Å². The summed E-state index contributed by atoms with van der Waals surface area (Å²) in [6.45, 7) is 0. The Kier molecular flexibility index (Phi) is 12.9. The highest BCUT2D eigenvalue weighted by atomic mass is 79.9. The minimum absolute atomic E-state index is 0.0248. The van der Waals surface area contributed by atoms with E-state index < -0.39 is 11.9 Å². The SMILES string of the molecule is COC(=O)c1ccc(N)nc1.COC(=O)c1ccc(Nc2cc(Br)cn(C)c2=O)nc1.Cn1cc(Br)cc(Br)c1=O. The van der Waals surface area contributed by atoms with E-state index in [1.165, 1.54) is 35.7 Å². The number of nitrogens with one attached hydrogen (secondary N) is 1. The third-order valence-electron chi connectivity index (χ3n) is 4.91. The lowest BCUT2D eigenvalue weighted by Crippen LogP contribution is -2.19. The molecule has 0 unspecified atom stereocenters. The van der Waals surface area contributed by atoms with Gasteiger partial charge in [0, 0.05) is 47.8 Å². The Bertz CT molecular complexity index is 1600. The van der Waals surface area contributed by atoms with Crippen molar-refractivity contribution in [2.24, 2.45) is 14.1 Å². The molecule has 0 bridgehead atoms. The molecule has 4 rings (SSSR count). The molecule has 0 aliphatic heterocycles. The van der Waals surface area contributed by atoms with E-state index in [1.807, 2.05) is 0 Å². The van der Waals surface area contributed by atoms with E-state index in [1.54, 1.807) is 62.9 Å². The van der Waals surface area contributed by atoms with Crippen molar-refractivity contribution in [2.45, 2.75) is 0 Å². The molecule has 0 fully saturated rings. The molecule has 0 amide bonds. The molecule has 4 aromatic heterocycles. The molecular formula is C26H25Br3N6O6. The molecule has 0 spiro atoms. The maximum Gasteiger partial charge on any atom is 0.339 e. The number of ether oxygens (including phenoxy) is 2. The number of esters is 2.